The summed E-state index contributed by atoms with van der Waals surface area (Å²) in [6.45, 7) is 6.18. The predicted octanol–water partition coefficient (Wildman–Crippen LogP) is 8.42. The van der Waals surface area contributed by atoms with Crippen molar-refractivity contribution in [1.29, 1.82) is 0 Å². The Balaban J connectivity index is 3.03. The fourth-order valence-electron chi connectivity index (χ4n) is 2.95. The van der Waals surface area contributed by atoms with Crippen LogP contribution in [0.5, 0.6) is 0 Å². The zero-order valence-corrected chi connectivity index (χ0v) is 15.6. The molecule has 0 fully saturated rings. The highest BCUT2D eigenvalue weighted by molar-refractivity contribution is 4.81. The first kappa shape index (κ1) is 21.7. The zero-order chi connectivity index (χ0) is 16.1. The number of hydrogen-bond acceptors (Lipinski definition) is 0. The summed E-state index contributed by atoms with van der Waals surface area (Å²) in [6, 6.07) is 0. The summed E-state index contributed by atoms with van der Waals surface area (Å²) in [5, 5.41) is 0. The van der Waals surface area contributed by atoms with E-state index in [0.29, 0.717) is 0 Å². The summed E-state index contributed by atoms with van der Waals surface area (Å²) >= 11 is 0. The molecule has 0 heteroatoms. The van der Waals surface area contributed by atoms with Gasteiger partial charge in [0.25, 0.3) is 0 Å². The molecule has 0 heterocycles. The molecular formula is C22H43. The normalized spacial score (nSPS) is 11.5. The Labute approximate surface area is 142 Å². The topological polar surface area (TPSA) is 0 Å². The van der Waals surface area contributed by atoms with Crippen molar-refractivity contribution in [2.24, 2.45) is 0 Å². The number of rotatable bonds is 18. The predicted molar refractivity (Wildman–Crippen MR) is 103 cm³/mol. The number of hydrogen-bond donors (Lipinski definition) is 0. The van der Waals surface area contributed by atoms with Crippen molar-refractivity contribution in [2.75, 3.05) is 0 Å². The van der Waals surface area contributed by atoms with Crippen LogP contribution in [0.25, 0.3) is 0 Å². The molecule has 0 amide bonds. The second-order valence-corrected chi connectivity index (χ2v) is 6.85. The second-order valence-electron chi connectivity index (χ2n) is 6.85. The summed E-state index contributed by atoms with van der Waals surface area (Å²) in [4.78, 5) is 0. The van der Waals surface area contributed by atoms with Crippen LogP contribution in [0, 0.1) is 6.92 Å². The number of allylic oxidation sites excluding steroid dienone is 2. The Morgan fingerprint density at radius 1 is 0.500 bits per heavy atom. The van der Waals surface area contributed by atoms with Crippen molar-refractivity contribution in [3.05, 3.63) is 19.1 Å². The first-order chi connectivity index (χ1) is 10.9. The molecule has 0 nitrogen and oxygen atoms in total. The molecule has 0 atom stereocenters. The van der Waals surface area contributed by atoms with Crippen LogP contribution < -0.4 is 0 Å². The van der Waals surface area contributed by atoms with E-state index in [0.717, 1.165) is 6.42 Å². The highest BCUT2D eigenvalue weighted by Gasteiger charge is 1.91. The van der Waals surface area contributed by atoms with Crippen LogP contribution >= 0.6 is 0 Å². The van der Waals surface area contributed by atoms with Gasteiger partial charge in [0.1, 0.15) is 0 Å². The van der Waals surface area contributed by atoms with Crippen LogP contribution in [0.1, 0.15) is 122 Å². The SMILES string of the molecule is [CH2]CCCCCCCCCC=CCCCCCCCCCC. The van der Waals surface area contributed by atoms with Gasteiger partial charge < -0.3 is 0 Å². The average molecular weight is 308 g/mol. The van der Waals surface area contributed by atoms with E-state index in [1.165, 1.54) is 109 Å². The molecule has 0 aromatic heterocycles. The third kappa shape index (κ3) is 19.7. The summed E-state index contributed by atoms with van der Waals surface area (Å²) in [7, 11) is 0. The molecule has 0 N–H and O–H groups in total. The van der Waals surface area contributed by atoms with Crippen LogP contribution in [-0.2, 0) is 0 Å². The van der Waals surface area contributed by atoms with Gasteiger partial charge in [0, 0.05) is 0 Å². The lowest BCUT2D eigenvalue weighted by Gasteiger charge is -2.00. The van der Waals surface area contributed by atoms with Crippen molar-refractivity contribution >= 4 is 0 Å². The highest BCUT2D eigenvalue weighted by atomic mass is 14.0. The summed E-state index contributed by atoms with van der Waals surface area (Å²) in [6.07, 6.45) is 29.8. The van der Waals surface area contributed by atoms with Crippen LogP contribution in [0.3, 0.4) is 0 Å². The molecule has 22 heavy (non-hydrogen) atoms. The van der Waals surface area contributed by atoms with Gasteiger partial charge in [-0.05, 0) is 25.7 Å². The third-order valence-electron chi connectivity index (χ3n) is 4.51. The largest absolute Gasteiger partial charge is 0.0885 e. The maximum atomic E-state index is 3.89. The van der Waals surface area contributed by atoms with Crippen molar-refractivity contribution in [3.8, 4) is 0 Å². The summed E-state index contributed by atoms with van der Waals surface area (Å²) in [5.74, 6) is 0. The Hall–Kier alpha value is -0.260. The number of unbranched alkanes of at least 4 members (excludes halogenated alkanes) is 16. The van der Waals surface area contributed by atoms with Gasteiger partial charge in [0.05, 0.1) is 0 Å². The first-order valence-electron chi connectivity index (χ1n) is 10.4. The van der Waals surface area contributed by atoms with Crippen molar-refractivity contribution in [3.63, 3.8) is 0 Å². The van der Waals surface area contributed by atoms with E-state index in [2.05, 4.69) is 26.0 Å². The highest BCUT2D eigenvalue weighted by Crippen LogP contribution is 2.11. The van der Waals surface area contributed by atoms with Gasteiger partial charge in [-0.25, -0.2) is 0 Å². The van der Waals surface area contributed by atoms with Crippen LogP contribution in [0.15, 0.2) is 12.2 Å². The lowest BCUT2D eigenvalue weighted by molar-refractivity contribution is 0.576. The third-order valence-corrected chi connectivity index (χ3v) is 4.51. The molecule has 0 rings (SSSR count). The lowest BCUT2D eigenvalue weighted by atomic mass is 10.1. The van der Waals surface area contributed by atoms with Gasteiger partial charge >= 0.3 is 0 Å². The molecule has 0 aromatic carbocycles. The Kier molecular flexibility index (Phi) is 20.5. The van der Waals surface area contributed by atoms with Crippen LogP contribution in [0.2, 0.25) is 0 Å². The lowest BCUT2D eigenvalue weighted by Crippen LogP contribution is -1.81. The average Bonchev–Trinajstić information content (AvgIpc) is 2.54. The molecule has 0 saturated heterocycles. The monoisotopic (exact) mass is 307 g/mol. The zero-order valence-electron chi connectivity index (χ0n) is 15.6. The molecule has 131 valence electrons. The van der Waals surface area contributed by atoms with Gasteiger partial charge in [-0.15, -0.1) is 0 Å². The maximum absolute atomic E-state index is 3.89. The Morgan fingerprint density at radius 3 is 1.27 bits per heavy atom. The standard InChI is InChI=1S/C22H43/c1-3-5-7-9-11-13-15-17-19-21-22-20-18-16-14-12-10-8-6-4-2/h21-22H,1,3-20H2,2H3. The molecule has 0 aliphatic heterocycles. The van der Waals surface area contributed by atoms with E-state index < -0.39 is 0 Å². The van der Waals surface area contributed by atoms with Crippen molar-refractivity contribution < 1.29 is 0 Å². The molecule has 0 aromatic rings. The van der Waals surface area contributed by atoms with E-state index in [4.69, 9.17) is 0 Å². The van der Waals surface area contributed by atoms with Gasteiger partial charge in [-0.1, -0.05) is 116 Å². The van der Waals surface area contributed by atoms with E-state index in [-0.39, 0.29) is 0 Å². The minimum absolute atomic E-state index is 1.11. The fourth-order valence-corrected chi connectivity index (χ4v) is 2.95. The minimum Gasteiger partial charge on any atom is -0.0885 e. The molecule has 0 aliphatic rings. The van der Waals surface area contributed by atoms with E-state index in [9.17, 15) is 0 Å². The molecule has 0 unspecified atom stereocenters. The van der Waals surface area contributed by atoms with Gasteiger partial charge in [0.15, 0.2) is 0 Å². The summed E-state index contributed by atoms with van der Waals surface area (Å²) < 4.78 is 0. The summed E-state index contributed by atoms with van der Waals surface area (Å²) in [5.41, 5.74) is 0. The molecule has 0 bridgehead atoms. The van der Waals surface area contributed by atoms with Gasteiger partial charge in [-0.3, -0.25) is 0 Å². The first-order valence-corrected chi connectivity index (χ1v) is 10.4. The molecule has 0 spiro atoms. The molecule has 1 radical (unpaired) electrons. The van der Waals surface area contributed by atoms with Crippen LogP contribution in [-0.4, -0.2) is 0 Å². The van der Waals surface area contributed by atoms with Gasteiger partial charge in [-0.2, -0.15) is 0 Å². The van der Waals surface area contributed by atoms with E-state index >= 15 is 0 Å². The van der Waals surface area contributed by atoms with Crippen LogP contribution in [0.4, 0.5) is 0 Å². The minimum atomic E-state index is 1.11. The maximum Gasteiger partial charge on any atom is -0.0351 e. The molecule has 0 aliphatic carbocycles. The smallest absolute Gasteiger partial charge is 0.0351 e. The molecular weight excluding hydrogens is 264 g/mol. The fraction of sp³-hybridized carbons (Fsp3) is 0.864. The van der Waals surface area contributed by atoms with Crippen molar-refractivity contribution in [2.45, 2.75) is 122 Å². The molecule has 0 saturated carbocycles. The Morgan fingerprint density at radius 2 is 0.864 bits per heavy atom. The Bertz CT molecular complexity index is 182. The van der Waals surface area contributed by atoms with E-state index in [1.807, 2.05) is 0 Å². The van der Waals surface area contributed by atoms with E-state index in [1.54, 1.807) is 0 Å². The van der Waals surface area contributed by atoms with Gasteiger partial charge in [0.2, 0.25) is 0 Å². The van der Waals surface area contributed by atoms with Crippen molar-refractivity contribution in [1.82, 2.24) is 0 Å². The quantitative estimate of drug-likeness (QED) is 0.176. The second kappa shape index (κ2) is 20.7.